The minimum absolute atomic E-state index is 0.0130. The number of fused-ring (bicyclic) bond motifs is 1. The van der Waals surface area contributed by atoms with E-state index in [1.165, 1.54) is 32.3 Å². The standard InChI is InChI=1S/C14H12F3N5O2S/c1-3-25(23,24)9-5-4-6-18-10(9)11-19-7-8-12(21-11)22(2)13(20-8)14(15,16)17/h4-7H,3H2,1-2H3. The molecule has 0 fully saturated rings. The molecule has 25 heavy (non-hydrogen) atoms. The van der Waals surface area contributed by atoms with Crippen molar-refractivity contribution in [2.24, 2.45) is 7.05 Å². The van der Waals surface area contributed by atoms with Gasteiger partial charge in [0.1, 0.15) is 11.2 Å². The SMILES string of the molecule is CCS(=O)(=O)c1cccnc1-c1ncc2nc(C(F)(F)F)n(C)c2n1. The van der Waals surface area contributed by atoms with Crippen molar-refractivity contribution >= 4 is 21.0 Å². The second kappa shape index (κ2) is 5.76. The molecular formula is C14H12F3N5O2S. The first-order chi connectivity index (χ1) is 11.6. The van der Waals surface area contributed by atoms with E-state index in [9.17, 15) is 21.6 Å². The number of aryl methyl sites for hydroxylation is 1. The van der Waals surface area contributed by atoms with Crippen LogP contribution in [-0.2, 0) is 23.1 Å². The lowest BCUT2D eigenvalue weighted by atomic mass is 10.3. The van der Waals surface area contributed by atoms with Gasteiger partial charge in [-0.25, -0.2) is 23.4 Å². The molecule has 3 heterocycles. The second-order valence-corrected chi connectivity index (χ2v) is 7.39. The maximum Gasteiger partial charge on any atom is 0.449 e. The smallest absolute Gasteiger partial charge is 0.308 e. The van der Waals surface area contributed by atoms with Crippen LogP contribution in [0.25, 0.3) is 22.7 Å². The van der Waals surface area contributed by atoms with Crippen molar-refractivity contribution in [3.05, 3.63) is 30.4 Å². The topological polar surface area (TPSA) is 90.6 Å². The van der Waals surface area contributed by atoms with Crippen LogP contribution in [0.2, 0.25) is 0 Å². The van der Waals surface area contributed by atoms with Gasteiger partial charge in [-0.15, -0.1) is 0 Å². The van der Waals surface area contributed by atoms with E-state index in [4.69, 9.17) is 0 Å². The second-order valence-electron chi connectivity index (χ2n) is 5.15. The van der Waals surface area contributed by atoms with Crippen LogP contribution >= 0.6 is 0 Å². The van der Waals surface area contributed by atoms with E-state index in [0.29, 0.717) is 0 Å². The van der Waals surface area contributed by atoms with Crippen LogP contribution in [0, 0.1) is 0 Å². The molecule has 0 unspecified atom stereocenters. The molecule has 132 valence electrons. The van der Waals surface area contributed by atoms with Crippen molar-refractivity contribution in [2.45, 2.75) is 18.0 Å². The summed E-state index contributed by atoms with van der Waals surface area (Å²) in [5, 5.41) is 0. The molecular weight excluding hydrogens is 359 g/mol. The number of pyridine rings is 1. The van der Waals surface area contributed by atoms with Crippen molar-refractivity contribution in [3.8, 4) is 11.5 Å². The maximum absolute atomic E-state index is 13.0. The fourth-order valence-electron chi connectivity index (χ4n) is 2.31. The van der Waals surface area contributed by atoms with Crippen molar-refractivity contribution < 1.29 is 21.6 Å². The quantitative estimate of drug-likeness (QED) is 0.701. The molecule has 0 aliphatic carbocycles. The Morgan fingerprint density at radius 3 is 2.56 bits per heavy atom. The molecule has 0 atom stereocenters. The minimum Gasteiger partial charge on any atom is -0.308 e. The summed E-state index contributed by atoms with van der Waals surface area (Å²) in [6.07, 6.45) is -2.16. The van der Waals surface area contributed by atoms with Crippen LogP contribution in [-0.4, -0.2) is 38.7 Å². The molecule has 0 aliphatic rings. The van der Waals surface area contributed by atoms with Crippen molar-refractivity contribution in [3.63, 3.8) is 0 Å². The molecule has 0 saturated heterocycles. The number of imidazole rings is 1. The number of hydrogen-bond acceptors (Lipinski definition) is 6. The minimum atomic E-state index is -4.64. The number of hydrogen-bond donors (Lipinski definition) is 0. The zero-order valence-corrected chi connectivity index (χ0v) is 13.9. The van der Waals surface area contributed by atoms with Crippen LogP contribution in [0.3, 0.4) is 0 Å². The predicted molar refractivity (Wildman–Crippen MR) is 82.3 cm³/mol. The highest BCUT2D eigenvalue weighted by Crippen LogP contribution is 2.31. The molecule has 3 aromatic rings. The van der Waals surface area contributed by atoms with Gasteiger partial charge in [0.25, 0.3) is 0 Å². The molecule has 0 spiro atoms. The first-order valence-corrected chi connectivity index (χ1v) is 8.75. The van der Waals surface area contributed by atoms with E-state index in [0.717, 1.165) is 10.8 Å². The Bertz CT molecular complexity index is 1060. The van der Waals surface area contributed by atoms with Crippen molar-refractivity contribution in [1.29, 1.82) is 0 Å². The molecule has 7 nitrogen and oxygen atoms in total. The average molecular weight is 371 g/mol. The molecule has 0 aromatic carbocycles. The monoisotopic (exact) mass is 371 g/mol. The Morgan fingerprint density at radius 2 is 1.92 bits per heavy atom. The molecule has 0 N–H and O–H groups in total. The maximum atomic E-state index is 13.0. The number of aromatic nitrogens is 5. The normalized spacial score (nSPS) is 12.7. The third kappa shape index (κ3) is 2.95. The van der Waals surface area contributed by atoms with Gasteiger partial charge in [-0.1, -0.05) is 6.92 Å². The van der Waals surface area contributed by atoms with Crippen molar-refractivity contribution in [1.82, 2.24) is 24.5 Å². The van der Waals surface area contributed by atoms with E-state index in [1.54, 1.807) is 0 Å². The lowest BCUT2D eigenvalue weighted by Crippen LogP contribution is -2.12. The Balaban J connectivity index is 2.24. The van der Waals surface area contributed by atoms with Gasteiger partial charge in [0.15, 0.2) is 21.3 Å². The van der Waals surface area contributed by atoms with E-state index in [2.05, 4.69) is 19.9 Å². The zero-order chi connectivity index (χ0) is 18.4. The Morgan fingerprint density at radius 1 is 1.20 bits per heavy atom. The van der Waals surface area contributed by atoms with Crippen molar-refractivity contribution in [2.75, 3.05) is 5.75 Å². The fourth-order valence-corrected chi connectivity index (χ4v) is 3.35. The zero-order valence-electron chi connectivity index (χ0n) is 13.1. The van der Waals surface area contributed by atoms with Crippen LogP contribution in [0.5, 0.6) is 0 Å². The summed E-state index contributed by atoms with van der Waals surface area (Å²) in [6.45, 7) is 1.48. The summed E-state index contributed by atoms with van der Waals surface area (Å²) < 4.78 is 64.0. The Labute approximate surface area is 140 Å². The largest absolute Gasteiger partial charge is 0.449 e. The summed E-state index contributed by atoms with van der Waals surface area (Å²) in [5.41, 5.74) is -0.127. The molecule has 11 heteroatoms. The Hall–Kier alpha value is -2.56. The number of alkyl halides is 3. The lowest BCUT2D eigenvalue weighted by molar-refractivity contribution is -0.146. The van der Waals surface area contributed by atoms with E-state index in [-0.39, 0.29) is 33.3 Å². The van der Waals surface area contributed by atoms with Gasteiger partial charge in [0.2, 0.25) is 5.82 Å². The first-order valence-electron chi connectivity index (χ1n) is 7.10. The van der Waals surface area contributed by atoms with Crippen LogP contribution in [0.4, 0.5) is 13.2 Å². The third-order valence-corrected chi connectivity index (χ3v) is 5.32. The number of nitrogens with zero attached hydrogens (tertiary/aromatic N) is 5. The van der Waals surface area contributed by atoms with E-state index < -0.39 is 21.8 Å². The molecule has 0 bridgehead atoms. The molecule has 0 amide bonds. The molecule has 3 aromatic heterocycles. The predicted octanol–water partition coefficient (Wildman–Crippen LogP) is 2.24. The number of rotatable bonds is 3. The van der Waals surface area contributed by atoms with Gasteiger partial charge < -0.3 is 4.57 Å². The van der Waals surface area contributed by atoms with Crippen LogP contribution in [0.1, 0.15) is 12.7 Å². The number of halogens is 3. The van der Waals surface area contributed by atoms with Gasteiger partial charge in [-0.05, 0) is 12.1 Å². The number of sulfone groups is 1. The Kier molecular flexibility index (Phi) is 3.98. The van der Waals surface area contributed by atoms with Gasteiger partial charge in [-0.3, -0.25) is 4.98 Å². The summed E-state index contributed by atoms with van der Waals surface area (Å²) in [5.74, 6) is -1.36. The summed E-state index contributed by atoms with van der Waals surface area (Å²) in [4.78, 5) is 15.4. The third-order valence-electron chi connectivity index (χ3n) is 3.56. The highest BCUT2D eigenvalue weighted by molar-refractivity contribution is 7.91. The average Bonchev–Trinajstić information content (AvgIpc) is 2.91. The molecule has 0 radical (unpaired) electrons. The summed E-state index contributed by atoms with van der Waals surface area (Å²) in [7, 11) is -2.43. The van der Waals surface area contributed by atoms with Crippen LogP contribution in [0.15, 0.2) is 29.4 Å². The fraction of sp³-hybridized carbons (Fsp3) is 0.286. The first kappa shape index (κ1) is 17.3. The molecule has 0 saturated carbocycles. The van der Waals surface area contributed by atoms with Gasteiger partial charge in [-0.2, -0.15) is 13.2 Å². The van der Waals surface area contributed by atoms with E-state index >= 15 is 0 Å². The molecule has 3 rings (SSSR count). The summed E-state index contributed by atoms with van der Waals surface area (Å²) in [6, 6.07) is 2.81. The van der Waals surface area contributed by atoms with Gasteiger partial charge in [0.05, 0.1) is 16.8 Å². The van der Waals surface area contributed by atoms with Crippen LogP contribution < -0.4 is 0 Å². The van der Waals surface area contributed by atoms with Gasteiger partial charge in [0, 0.05) is 13.2 Å². The van der Waals surface area contributed by atoms with E-state index in [1.807, 2.05) is 0 Å². The highest BCUT2D eigenvalue weighted by atomic mass is 32.2. The lowest BCUT2D eigenvalue weighted by Gasteiger charge is -2.07. The summed E-state index contributed by atoms with van der Waals surface area (Å²) >= 11 is 0. The molecule has 0 aliphatic heterocycles. The van der Waals surface area contributed by atoms with Gasteiger partial charge >= 0.3 is 6.18 Å². The highest BCUT2D eigenvalue weighted by Gasteiger charge is 2.37.